The number of fused-ring (bicyclic) bond motifs is 1. The molecule has 4 fully saturated rings. The van der Waals surface area contributed by atoms with Crippen LogP contribution in [0.1, 0.15) is 50.5 Å². The molecule has 4 aliphatic rings. The quantitative estimate of drug-likeness (QED) is 0.790. The van der Waals surface area contributed by atoms with Gasteiger partial charge in [0.25, 0.3) is 0 Å². The summed E-state index contributed by atoms with van der Waals surface area (Å²) in [5, 5.41) is 0. The van der Waals surface area contributed by atoms with Gasteiger partial charge in [0, 0.05) is 26.2 Å². The van der Waals surface area contributed by atoms with Crippen molar-refractivity contribution in [2.24, 2.45) is 5.41 Å². The number of piperidine rings is 2. The van der Waals surface area contributed by atoms with Crippen LogP contribution in [0.5, 0.6) is 0 Å². The molecule has 1 aliphatic carbocycles. The molecule has 0 bridgehead atoms. The lowest BCUT2D eigenvalue weighted by Gasteiger charge is -2.55. The summed E-state index contributed by atoms with van der Waals surface area (Å²) < 4.78 is 0. The monoisotopic (exact) mass is 395 g/mol. The third kappa shape index (κ3) is 3.00. The first-order chi connectivity index (χ1) is 14.1. The van der Waals surface area contributed by atoms with Crippen LogP contribution in [0.3, 0.4) is 0 Å². The lowest BCUT2D eigenvalue weighted by atomic mass is 9.67. The van der Waals surface area contributed by atoms with E-state index in [4.69, 9.17) is 0 Å². The summed E-state index contributed by atoms with van der Waals surface area (Å²) in [4.78, 5) is 34.2. The van der Waals surface area contributed by atoms with Gasteiger partial charge in [-0.05, 0) is 64.1 Å². The number of nitrogens with zero attached hydrogens (tertiary/aromatic N) is 3. The van der Waals surface area contributed by atoms with Crippen molar-refractivity contribution in [3.05, 3.63) is 35.9 Å². The Morgan fingerprint density at radius 2 is 1.59 bits per heavy atom. The van der Waals surface area contributed by atoms with Gasteiger partial charge in [0.2, 0.25) is 11.8 Å². The van der Waals surface area contributed by atoms with E-state index in [1.165, 1.54) is 0 Å². The highest BCUT2D eigenvalue weighted by molar-refractivity contribution is 5.93. The van der Waals surface area contributed by atoms with Crippen molar-refractivity contribution in [1.29, 1.82) is 0 Å². The van der Waals surface area contributed by atoms with Crippen LogP contribution in [-0.2, 0) is 15.0 Å². The second-order valence-electron chi connectivity index (χ2n) is 9.73. The molecule has 1 aromatic rings. The summed E-state index contributed by atoms with van der Waals surface area (Å²) in [5.74, 6) is 0.595. The molecular weight excluding hydrogens is 362 g/mol. The second-order valence-corrected chi connectivity index (χ2v) is 9.73. The van der Waals surface area contributed by atoms with E-state index in [0.29, 0.717) is 5.91 Å². The summed E-state index contributed by atoms with van der Waals surface area (Å²) in [5.41, 5.74) is 0.422. The number of amides is 2. The summed E-state index contributed by atoms with van der Waals surface area (Å²) >= 11 is 0. The number of likely N-dealkylation sites (N-methyl/N-ethyl adjacent to an activating group) is 1. The van der Waals surface area contributed by atoms with E-state index in [2.05, 4.69) is 33.9 Å². The van der Waals surface area contributed by atoms with Crippen molar-refractivity contribution in [2.75, 3.05) is 39.8 Å². The number of carbonyl (C=O) groups excluding carboxylic acids is 2. The first kappa shape index (κ1) is 19.1. The Balaban J connectivity index is 1.47. The van der Waals surface area contributed by atoms with E-state index in [-0.39, 0.29) is 22.8 Å². The minimum absolute atomic E-state index is 0.0109. The maximum atomic E-state index is 13.9. The van der Waals surface area contributed by atoms with Crippen molar-refractivity contribution in [1.82, 2.24) is 14.7 Å². The molecule has 5 rings (SSSR count). The molecule has 3 heterocycles. The number of carbonyl (C=O) groups is 2. The predicted molar refractivity (Wildman–Crippen MR) is 112 cm³/mol. The highest BCUT2D eigenvalue weighted by atomic mass is 16.2. The van der Waals surface area contributed by atoms with E-state index in [9.17, 15) is 9.59 Å². The van der Waals surface area contributed by atoms with Gasteiger partial charge in [-0.15, -0.1) is 0 Å². The van der Waals surface area contributed by atoms with E-state index in [1.807, 2.05) is 18.2 Å². The molecular formula is C24H33N3O2. The van der Waals surface area contributed by atoms with E-state index < -0.39 is 0 Å². The molecule has 2 atom stereocenters. The van der Waals surface area contributed by atoms with Gasteiger partial charge in [-0.3, -0.25) is 9.59 Å². The lowest BCUT2D eigenvalue weighted by Crippen LogP contribution is -2.67. The van der Waals surface area contributed by atoms with Crippen molar-refractivity contribution in [3.8, 4) is 0 Å². The Morgan fingerprint density at radius 3 is 2.28 bits per heavy atom. The smallest absolute Gasteiger partial charge is 0.233 e. The molecule has 3 saturated heterocycles. The Bertz CT molecular complexity index is 785. The second kappa shape index (κ2) is 7.12. The summed E-state index contributed by atoms with van der Waals surface area (Å²) in [7, 11) is 2.13. The fourth-order valence-corrected chi connectivity index (χ4v) is 6.15. The Labute approximate surface area is 174 Å². The normalized spacial score (nSPS) is 31.4. The van der Waals surface area contributed by atoms with Crippen LogP contribution < -0.4 is 0 Å². The highest BCUT2D eigenvalue weighted by Gasteiger charge is 2.59. The molecule has 5 nitrogen and oxygen atoms in total. The number of likely N-dealkylation sites (tertiary alicyclic amines) is 3. The molecule has 156 valence electrons. The third-order valence-electron chi connectivity index (χ3n) is 8.03. The van der Waals surface area contributed by atoms with Crippen LogP contribution in [-0.4, -0.2) is 72.3 Å². The van der Waals surface area contributed by atoms with Crippen molar-refractivity contribution >= 4 is 11.8 Å². The molecule has 0 spiro atoms. The fraction of sp³-hybridized carbons (Fsp3) is 0.667. The van der Waals surface area contributed by atoms with Gasteiger partial charge in [-0.2, -0.15) is 0 Å². The standard InChI is InChI=1S/C24H33N3O2/c1-25-17-13-24(21(28)26-14-5-6-15-26)10-7-16-27(20(24)18-25)22(29)23(11-12-23)19-8-3-2-4-9-19/h2-4,8-9,20H,5-7,10-18H2,1H3/t20-,24+/m0/s1. The fourth-order valence-electron chi connectivity index (χ4n) is 6.15. The Hall–Kier alpha value is -1.88. The summed E-state index contributed by atoms with van der Waals surface area (Å²) in [6.45, 7) is 4.34. The van der Waals surface area contributed by atoms with Gasteiger partial charge >= 0.3 is 0 Å². The molecule has 1 saturated carbocycles. The Kier molecular flexibility index (Phi) is 4.69. The average molecular weight is 396 g/mol. The zero-order chi connectivity index (χ0) is 20.1. The van der Waals surface area contributed by atoms with Crippen molar-refractivity contribution in [3.63, 3.8) is 0 Å². The number of benzene rings is 1. The number of hydrogen-bond acceptors (Lipinski definition) is 3. The van der Waals surface area contributed by atoms with Crippen molar-refractivity contribution < 1.29 is 9.59 Å². The molecule has 3 aliphatic heterocycles. The van der Waals surface area contributed by atoms with E-state index in [0.717, 1.165) is 83.2 Å². The summed E-state index contributed by atoms with van der Waals surface area (Å²) in [6, 6.07) is 10.3. The van der Waals surface area contributed by atoms with Gasteiger partial charge in [0.1, 0.15) is 0 Å². The molecule has 0 unspecified atom stereocenters. The predicted octanol–water partition coefficient (Wildman–Crippen LogP) is 2.65. The van der Waals surface area contributed by atoms with E-state index in [1.54, 1.807) is 0 Å². The van der Waals surface area contributed by atoms with Gasteiger partial charge < -0.3 is 14.7 Å². The van der Waals surface area contributed by atoms with Gasteiger partial charge in [0.05, 0.1) is 16.9 Å². The minimum Gasteiger partial charge on any atom is -0.342 e. The zero-order valence-electron chi connectivity index (χ0n) is 17.6. The SMILES string of the molecule is CN1CC[C@]2(C(=O)N3CCCC3)CCCN(C(=O)C3(c4ccccc4)CC3)[C@H]2C1. The molecule has 0 aromatic heterocycles. The molecule has 0 radical (unpaired) electrons. The van der Waals surface area contributed by atoms with Gasteiger partial charge in [-0.1, -0.05) is 30.3 Å². The first-order valence-corrected chi connectivity index (χ1v) is 11.4. The maximum Gasteiger partial charge on any atom is 0.233 e. The maximum absolute atomic E-state index is 13.9. The van der Waals surface area contributed by atoms with Crippen molar-refractivity contribution in [2.45, 2.75) is 56.4 Å². The highest BCUT2D eigenvalue weighted by Crippen LogP contribution is 2.52. The largest absolute Gasteiger partial charge is 0.342 e. The van der Waals surface area contributed by atoms with Crippen LogP contribution >= 0.6 is 0 Å². The number of hydrogen-bond donors (Lipinski definition) is 0. The molecule has 29 heavy (non-hydrogen) atoms. The minimum atomic E-state index is -0.377. The topological polar surface area (TPSA) is 43.9 Å². The first-order valence-electron chi connectivity index (χ1n) is 11.4. The Morgan fingerprint density at radius 1 is 0.862 bits per heavy atom. The third-order valence-corrected chi connectivity index (χ3v) is 8.03. The molecule has 1 aromatic carbocycles. The average Bonchev–Trinajstić information content (AvgIpc) is 3.39. The lowest BCUT2D eigenvalue weighted by molar-refractivity contribution is -0.161. The molecule has 2 amide bonds. The van der Waals surface area contributed by atoms with Crippen LogP contribution in [0.25, 0.3) is 0 Å². The van der Waals surface area contributed by atoms with Crippen LogP contribution in [0.4, 0.5) is 0 Å². The van der Waals surface area contributed by atoms with Crippen LogP contribution in [0, 0.1) is 5.41 Å². The van der Waals surface area contributed by atoms with Crippen LogP contribution in [0.2, 0.25) is 0 Å². The van der Waals surface area contributed by atoms with E-state index >= 15 is 0 Å². The summed E-state index contributed by atoms with van der Waals surface area (Å²) in [6.07, 6.45) is 6.85. The molecule has 5 heteroatoms. The molecule has 0 N–H and O–H groups in total. The number of rotatable bonds is 3. The van der Waals surface area contributed by atoms with Crippen LogP contribution in [0.15, 0.2) is 30.3 Å². The van der Waals surface area contributed by atoms with Gasteiger partial charge in [0.15, 0.2) is 0 Å². The van der Waals surface area contributed by atoms with Gasteiger partial charge in [-0.25, -0.2) is 0 Å². The zero-order valence-corrected chi connectivity index (χ0v) is 17.6.